The normalized spacial score (nSPS) is 23.8. The molecular weight excluding hydrogens is 661 g/mol. The zero-order valence-corrected chi connectivity index (χ0v) is 30.3. The number of hydrogen-bond donors (Lipinski definition) is 4. The summed E-state index contributed by atoms with van der Waals surface area (Å²) in [5.74, 6) is -0.297. The molecule has 3 aliphatic heterocycles. The van der Waals surface area contributed by atoms with E-state index >= 15 is 0 Å². The molecule has 1 spiro atoms. The summed E-state index contributed by atoms with van der Waals surface area (Å²) >= 11 is 0. The Morgan fingerprint density at radius 3 is 2.43 bits per heavy atom. The average Bonchev–Trinajstić information content (AvgIpc) is 3.59. The van der Waals surface area contributed by atoms with Gasteiger partial charge < -0.3 is 35.8 Å². The molecule has 4 aromatic carbocycles. The number of benzene rings is 4. The van der Waals surface area contributed by atoms with E-state index in [4.69, 9.17) is 15.2 Å². The van der Waals surface area contributed by atoms with Crippen molar-refractivity contribution in [3.05, 3.63) is 113 Å². The number of nitrogens with two attached hydrogens (primary N) is 1. The van der Waals surface area contributed by atoms with Crippen LogP contribution < -0.4 is 26.3 Å². The number of aliphatic hydroxyl groups excluding tert-OH is 1. The zero-order valence-electron chi connectivity index (χ0n) is 29.3. The summed E-state index contributed by atoms with van der Waals surface area (Å²) in [5, 5.41) is 17.5. The summed E-state index contributed by atoms with van der Waals surface area (Å²) in [6, 6.07) is 27.7. The predicted molar refractivity (Wildman–Crippen MR) is 200 cm³/mol. The van der Waals surface area contributed by atoms with Crippen LogP contribution in [0.5, 0.6) is 5.75 Å². The molecule has 10 nitrogen and oxygen atoms in total. The van der Waals surface area contributed by atoms with Crippen molar-refractivity contribution >= 4 is 48.0 Å². The topological polar surface area (TPSA) is 143 Å². The second-order valence-corrected chi connectivity index (χ2v) is 19.2. The van der Waals surface area contributed by atoms with Crippen molar-refractivity contribution in [1.82, 2.24) is 4.90 Å². The second-order valence-electron chi connectivity index (χ2n) is 14.5. The van der Waals surface area contributed by atoms with Gasteiger partial charge in [-0.3, -0.25) is 14.4 Å². The van der Waals surface area contributed by atoms with E-state index in [2.05, 4.69) is 42.8 Å². The number of nitrogen functional groups attached to an aromatic ring is 1. The van der Waals surface area contributed by atoms with E-state index in [1.54, 1.807) is 48.4 Å². The standard InChI is InChI=1S/C40H44N4O6Si/c1-24-37(51(3,4)32-16-14-31(49-2)15-17-32)35(21-36(46)44-22-27-8-6-5-7-26(27)19-30(44)23-45)50-40(24)33-20-29(13-18-34(33)43-39(40)48)42-38(47)25-9-11-28(41)12-10-25/h5-18,20,24,30,35,37,45H,19,21-23,41H2,1-4H3,(H,42,47)(H,43,48)/t24-,30+,35+,37-,40+/m1/s1. The Labute approximate surface area is 299 Å². The minimum absolute atomic E-state index is 0.0538. The third kappa shape index (κ3) is 5.98. The van der Waals surface area contributed by atoms with Crippen LogP contribution in [0.2, 0.25) is 18.6 Å². The Balaban J connectivity index is 1.26. The molecule has 5 atom stereocenters. The number of methoxy groups -OCH3 is 1. The Hall–Kier alpha value is -4.97. The number of hydrogen-bond acceptors (Lipinski definition) is 7. The lowest BCUT2D eigenvalue weighted by molar-refractivity contribution is -0.149. The highest BCUT2D eigenvalue weighted by Gasteiger charge is 2.65. The molecule has 0 unspecified atom stereocenters. The number of fused-ring (bicyclic) bond motifs is 3. The van der Waals surface area contributed by atoms with E-state index in [0.29, 0.717) is 41.2 Å². The minimum Gasteiger partial charge on any atom is -0.497 e. The van der Waals surface area contributed by atoms with Crippen molar-refractivity contribution in [3.63, 3.8) is 0 Å². The third-order valence-electron chi connectivity index (χ3n) is 11.3. The quantitative estimate of drug-likeness (QED) is 0.149. The molecule has 3 aliphatic rings. The van der Waals surface area contributed by atoms with Crippen molar-refractivity contribution in [2.45, 2.75) is 62.7 Å². The Morgan fingerprint density at radius 1 is 1.04 bits per heavy atom. The fraction of sp³-hybridized carbons (Fsp3) is 0.325. The van der Waals surface area contributed by atoms with Gasteiger partial charge in [0.1, 0.15) is 5.75 Å². The van der Waals surface area contributed by atoms with Gasteiger partial charge in [0.2, 0.25) is 5.91 Å². The molecule has 3 amide bonds. The lowest BCUT2D eigenvalue weighted by Gasteiger charge is -2.39. The van der Waals surface area contributed by atoms with Gasteiger partial charge in [-0.1, -0.05) is 61.6 Å². The minimum atomic E-state index is -2.50. The van der Waals surface area contributed by atoms with Gasteiger partial charge >= 0.3 is 0 Å². The molecule has 3 heterocycles. The first kappa shape index (κ1) is 34.5. The van der Waals surface area contributed by atoms with Gasteiger partial charge in [0, 0.05) is 40.7 Å². The first-order valence-corrected chi connectivity index (χ1v) is 20.5. The summed E-state index contributed by atoms with van der Waals surface area (Å²) in [6.45, 7) is 6.83. The maximum atomic E-state index is 14.4. The van der Waals surface area contributed by atoms with Crippen molar-refractivity contribution in [2.24, 2.45) is 5.92 Å². The van der Waals surface area contributed by atoms with Crippen LogP contribution in [0.15, 0.2) is 91.0 Å². The summed E-state index contributed by atoms with van der Waals surface area (Å²) < 4.78 is 12.5. The van der Waals surface area contributed by atoms with Crippen molar-refractivity contribution in [1.29, 1.82) is 0 Å². The van der Waals surface area contributed by atoms with Crippen LogP contribution >= 0.6 is 0 Å². The van der Waals surface area contributed by atoms with Gasteiger partial charge in [0.15, 0.2) is 5.60 Å². The van der Waals surface area contributed by atoms with E-state index in [9.17, 15) is 19.5 Å². The van der Waals surface area contributed by atoms with E-state index in [0.717, 1.165) is 22.1 Å². The van der Waals surface area contributed by atoms with Gasteiger partial charge in [-0.2, -0.15) is 0 Å². The molecule has 4 aromatic rings. The fourth-order valence-corrected chi connectivity index (χ4v) is 12.6. The first-order valence-electron chi connectivity index (χ1n) is 17.4. The maximum absolute atomic E-state index is 14.4. The van der Waals surface area contributed by atoms with Gasteiger partial charge in [0.25, 0.3) is 11.8 Å². The van der Waals surface area contributed by atoms with Crippen LogP contribution in [0.25, 0.3) is 0 Å². The number of ether oxygens (including phenoxy) is 2. The van der Waals surface area contributed by atoms with Crippen LogP contribution in [-0.4, -0.2) is 61.7 Å². The van der Waals surface area contributed by atoms with E-state index in [-0.39, 0.29) is 48.3 Å². The lowest BCUT2D eigenvalue weighted by Crippen LogP contribution is -2.52. The van der Waals surface area contributed by atoms with Crippen molar-refractivity contribution in [3.8, 4) is 5.75 Å². The summed E-state index contributed by atoms with van der Waals surface area (Å²) in [4.78, 5) is 43.6. The van der Waals surface area contributed by atoms with E-state index < -0.39 is 19.8 Å². The number of nitrogens with one attached hydrogen (secondary N) is 2. The Kier molecular flexibility index (Phi) is 8.99. The highest BCUT2D eigenvalue weighted by Crippen LogP contribution is 2.59. The largest absolute Gasteiger partial charge is 0.497 e. The van der Waals surface area contributed by atoms with Gasteiger partial charge in [-0.05, 0) is 77.7 Å². The molecule has 0 radical (unpaired) electrons. The number of rotatable bonds is 8. The molecular formula is C40H44N4O6Si. The predicted octanol–water partition coefficient (Wildman–Crippen LogP) is 5.03. The van der Waals surface area contributed by atoms with Gasteiger partial charge in [-0.25, -0.2) is 0 Å². The lowest BCUT2D eigenvalue weighted by atomic mass is 9.82. The van der Waals surface area contributed by atoms with Crippen LogP contribution in [0.3, 0.4) is 0 Å². The Morgan fingerprint density at radius 2 is 1.75 bits per heavy atom. The van der Waals surface area contributed by atoms with Crippen LogP contribution in [0.1, 0.15) is 40.4 Å². The van der Waals surface area contributed by atoms with Crippen LogP contribution in [0, 0.1) is 5.92 Å². The monoisotopic (exact) mass is 704 g/mol. The number of aliphatic hydroxyl groups is 1. The van der Waals surface area contributed by atoms with Crippen LogP contribution in [-0.2, 0) is 32.9 Å². The molecule has 7 rings (SSSR count). The van der Waals surface area contributed by atoms with Crippen molar-refractivity contribution < 1.29 is 29.0 Å². The summed E-state index contributed by atoms with van der Waals surface area (Å²) in [7, 11) is -0.865. The molecule has 0 aliphatic carbocycles. The van der Waals surface area contributed by atoms with Gasteiger partial charge in [-0.15, -0.1) is 0 Å². The number of amides is 3. The SMILES string of the molecule is COc1ccc([Si](C)(C)[C@H]2[C@H](CC(=O)N3Cc4ccccc4C[C@H]3CO)O[C@@]3(C(=O)Nc4ccc(NC(=O)c5ccc(N)cc5)cc43)[C@@H]2C)cc1. The number of carbonyl (C=O) groups excluding carboxylic acids is 3. The average molecular weight is 705 g/mol. The molecule has 11 heteroatoms. The van der Waals surface area contributed by atoms with Crippen molar-refractivity contribution in [2.75, 3.05) is 30.1 Å². The smallest absolute Gasteiger partial charge is 0.261 e. The summed E-state index contributed by atoms with van der Waals surface area (Å²) in [6.07, 6.45) is 0.0241. The Bertz CT molecular complexity index is 1980. The molecule has 0 aromatic heterocycles. The molecule has 1 fully saturated rings. The number of nitrogens with zero attached hydrogens (tertiary/aromatic N) is 1. The molecule has 0 saturated carbocycles. The molecule has 264 valence electrons. The highest BCUT2D eigenvalue weighted by atomic mass is 28.3. The molecule has 1 saturated heterocycles. The summed E-state index contributed by atoms with van der Waals surface area (Å²) in [5.41, 5.74) is 9.23. The second kappa shape index (κ2) is 13.3. The first-order chi connectivity index (χ1) is 24.5. The number of carbonyl (C=O) groups is 3. The zero-order chi connectivity index (χ0) is 36.1. The number of anilines is 3. The maximum Gasteiger partial charge on any atom is 0.261 e. The fourth-order valence-electron chi connectivity index (χ4n) is 8.58. The van der Waals surface area contributed by atoms with E-state index in [1.807, 2.05) is 42.5 Å². The highest BCUT2D eigenvalue weighted by molar-refractivity contribution is 6.91. The van der Waals surface area contributed by atoms with Gasteiger partial charge in [0.05, 0.1) is 40.4 Å². The molecule has 51 heavy (non-hydrogen) atoms. The molecule has 0 bridgehead atoms. The van der Waals surface area contributed by atoms with Crippen LogP contribution in [0.4, 0.5) is 17.1 Å². The molecule has 5 N–H and O–H groups in total. The third-order valence-corrected chi connectivity index (χ3v) is 15.6. The van der Waals surface area contributed by atoms with E-state index in [1.165, 1.54) is 0 Å².